The largest absolute Gasteiger partial charge is 0.481 e. The number of carboxylic acid groups (broad SMARTS) is 1. The highest BCUT2D eigenvalue weighted by molar-refractivity contribution is 9.10. The van der Waals surface area contributed by atoms with Gasteiger partial charge in [-0.15, -0.1) is 0 Å². The first kappa shape index (κ1) is 16.1. The summed E-state index contributed by atoms with van der Waals surface area (Å²) < 4.78 is 26.0. The molecule has 0 saturated carbocycles. The third-order valence-corrected chi connectivity index (χ3v) is 5.00. The summed E-state index contributed by atoms with van der Waals surface area (Å²) in [5, 5.41) is 8.50. The summed E-state index contributed by atoms with van der Waals surface area (Å²) in [4.78, 5) is 10.4. The number of halogens is 1. The minimum Gasteiger partial charge on any atom is -0.481 e. The average molecular weight is 350 g/mol. The van der Waals surface area contributed by atoms with E-state index in [1.165, 1.54) is 11.4 Å². The molecule has 0 aromatic heterocycles. The number of rotatable bonds is 7. The second-order valence-corrected chi connectivity index (χ2v) is 7.31. The zero-order chi connectivity index (χ0) is 14.5. The highest BCUT2D eigenvalue weighted by Crippen LogP contribution is 2.13. The molecule has 0 amide bonds. The lowest BCUT2D eigenvalue weighted by Crippen LogP contribution is -2.29. The second kappa shape index (κ2) is 7.02. The Labute approximate surface area is 121 Å². The first-order chi connectivity index (χ1) is 8.81. The smallest absolute Gasteiger partial charge is 0.303 e. The van der Waals surface area contributed by atoms with Gasteiger partial charge >= 0.3 is 5.97 Å². The number of carbonyl (C=O) groups is 1. The fraction of sp³-hybridized carbons (Fsp3) is 0.417. The van der Waals surface area contributed by atoms with Crippen molar-refractivity contribution in [3.8, 4) is 0 Å². The van der Waals surface area contributed by atoms with Crippen molar-refractivity contribution in [3.63, 3.8) is 0 Å². The number of hydrogen-bond acceptors (Lipinski definition) is 3. The SMILES string of the molecule is CN(Cc1ccc(Br)cc1)S(=O)(=O)CCCC(=O)O. The van der Waals surface area contributed by atoms with E-state index >= 15 is 0 Å². The van der Waals surface area contributed by atoms with E-state index in [1.807, 2.05) is 24.3 Å². The summed E-state index contributed by atoms with van der Waals surface area (Å²) in [5.74, 6) is -1.13. The Balaban J connectivity index is 2.58. The summed E-state index contributed by atoms with van der Waals surface area (Å²) in [5.41, 5.74) is 0.882. The van der Waals surface area contributed by atoms with Crippen molar-refractivity contribution in [1.82, 2.24) is 4.31 Å². The van der Waals surface area contributed by atoms with E-state index in [-0.39, 0.29) is 25.1 Å². The number of hydrogen-bond donors (Lipinski definition) is 1. The van der Waals surface area contributed by atoms with Gasteiger partial charge in [0.2, 0.25) is 10.0 Å². The van der Waals surface area contributed by atoms with Crippen LogP contribution in [-0.2, 0) is 21.4 Å². The van der Waals surface area contributed by atoms with Gasteiger partial charge in [-0.05, 0) is 24.1 Å². The van der Waals surface area contributed by atoms with E-state index in [2.05, 4.69) is 15.9 Å². The summed E-state index contributed by atoms with van der Waals surface area (Å²) in [6, 6.07) is 7.38. The van der Waals surface area contributed by atoms with Crippen LogP contribution in [0.25, 0.3) is 0 Å². The Morgan fingerprint density at radius 2 is 1.89 bits per heavy atom. The Bertz CT molecular complexity index is 527. The molecule has 0 aliphatic carbocycles. The maximum absolute atomic E-state index is 11.9. The van der Waals surface area contributed by atoms with E-state index in [9.17, 15) is 13.2 Å². The van der Waals surface area contributed by atoms with Crippen LogP contribution in [-0.4, -0.2) is 36.6 Å². The molecule has 0 spiro atoms. The molecule has 0 radical (unpaired) electrons. The zero-order valence-corrected chi connectivity index (χ0v) is 12.9. The van der Waals surface area contributed by atoms with Crippen LogP contribution in [0.2, 0.25) is 0 Å². The van der Waals surface area contributed by atoms with Gasteiger partial charge in [-0.2, -0.15) is 0 Å². The van der Waals surface area contributed by atoms with Gasteiger partial charge in [-0.3, -0.25) is 4.79 Å². The van der Waals surface area contributed by atoms with Gasteiger partial charge in [0, 0.05) is 24.5 Å². The molecule has 19 heavy (non-hydrogen) atoms. The molecule has 0 aliphatic rings. The predicted octanol–water partition coefficient (Wildman–Crippen LogP) is 2.08. The Kier molecular flexibility index (Phi) is 5.96. The number of sulfonamides is 1. The summed E-state index contributed by atoms with van der Waals surface area (Å²) in [7, 11) is -1.91. The Morgan fingerprint density at radius 1 is 1.32 bits per heavy atom. The number of aliphatic carboxylic acids is 1. The summed E-state index contributed by atoms with van der Waals surface area (Å²) in [6.45, 7) is 0.280. The van der Waals surface area contributed by atoms with Crippen molar-refractivity contribution in [2.45, 2.75) is 19.4 Å². The molecule has 0 unspecified atom stereocenters. The maximum atomic E-state index is 11.9. The minimum atomic E-state index is -3.41. The predicted molar refractivity (Wildman–Crippen MR) is 76.3 cm³/mol. The molecule has 1 aromatic rings. The third-order valence-electron chi connectivity index (χ3n) is 2.59. The van der Waals surface area contributed by atoms with Crippen molar-refractivity contribution < 1.29 is 18.3 Å². The third kappa shape index (κ3) is 5.71. The number of benzene rings is 1. The highest BCUT2D eigenvalue weighted by Gasteiger charge is 2.18. The van der Waals surface area contributed by atoms with Gasteiger partial charge in [0.15, 0.2) is 0 Å². The lowest BCUT2D eigenvalue weighted by atomic mass is 10.2. The van der Waals surface area contributed by atoms with Crippen LogP contribution >= 0.6 is 15.9 Å². The van der Waals surface area contributed by atoms with Gasteiger partial charge < -0.3 is 5.11 Å². The summed E-state index contributed by atoms with van der Waals surface area (Å²) >= 11 is 3.31. The number of nitrogens with zero attached hydrogens (tertiary/aromatic N) is 1. The molecule has 106 valence electrons. The molecular formula is C12H16BrNO4S. The van der Waals surface area contributed by atoms with Crippen molar-refractivity contribution in [2.75, 3.05) is 12.8 Å². The molecule has 0 atom stereocenters. The van der Waals surface area contributed by atoms with E-state index in [4.69, 9.17) is 5.11 Å². The van der Waals surface area contributed by atoms with Gasteiger partial charge in [-0.25, -0.2) is 12.7 Å². The van der Waals surface area contributed by atoms with Gasteiger partial charge in [-0.1, -0.05) is 28.1 Å². The van der Waals surface area contributed by atoms with E-state index in [0.29, 0.717) is 0 Å². The molecule has 0 heterocycles. The van der Waals surface area contributed by atoms with E-state index in [0.717, 1.165) is 10.0 Å². The maximum Gasteiger partial charge on any atom is 0.303 e. The van der Waals surface area contributed by atoms with Crippen LogP contribution in [0.3, 0.4) is 0 Å². The van der Waals surface area contributed by atoms with Crippen LogP contribution in [0, 0.1) is 0 Å². The minimum absolute atomic E-state index is 0.127. The Hall–Kier alpha value is -0.920. The standard InChI is InChI=1S/C12H16BrNO4S/c1-14(9-10-4-6-11(13)7-5-10)19(17,18)8-2-3-12(15)16/h4-7H,2-3,8-9H2,1H3,(H,15,16). The van der Waals surface area contributed by atoms with Crippen LogP contribution < -0.4 is 0 Å². The molecule has 5 nitrogen and oxygen atoms in total. The lowest BCUT2D eigenvalue weighted by molar-refractivity contribution is -0.137. The molecule has 1 N–H and O–H groups in total. The molecule has 0 saturated heterocycles. The molecule has 0 fully saturated rings. The van der Waals surface area contributed by atoms with Crippen LogP contribution in [0.1, 0.15) is 18.4 Å². The molecule has 0 aliphatic heterocycles. The van der Waals surface area contributed by atoms with Crippen molar-refractivity contribution in [2.24, 2.45) is 0 Å². The van der Waals surface area contributed by atoms with Crippen molar-refractivity contribution in [3.05, 3.63) is 34.3 Å². The first-order valence-corrected chi connectivity index (χ1v) is 8.12. The summed E-state index contributed by atoms with van der Waals surface area (Å²) in [6.07, 6.45) is -0.00625. The van der Waals surface area contributed by atoms with E-state index < -0.39 is 16.0 Å². The number of carboxylic acids is 1. The average Bonchev–Trinajstić information content (AvgIpc) is 2.31. The normalized spacial score (nSPS) is 11.7. The van der Waals surface area contributed by atoms with Crippen LogP contribution in [0.5, 0.6) is 0 Å². The van der Waals surface area contributed by atoms with Crippen LogP contribution in [0.4, 0.5) is 0 Å². The molecule has 1 rings (SSSR count). The van der Waals surface area contributed by atoms with Crippen molar-refractivity contribution in [1.29, 1.82) is 0 Å². The second-order valence-electron chi connectivity index (χ2n) is 4.20. The molecule has 0 bridgehead atoms. The fourth-order valence-electron chi connectivity index (χ4n) is 1.51. The van der Waals surface area contributed by atoms with E-state index in [1.54, 1.807) is 0 Å². The first-order valence-electron chi connectivity index (χ1n) is 5.71. The highest BCUT2D eigenvalue weighted by atomic mass is 79.9. The van der Waals surface area contributed by atoms with Crippen LogP contribution in [0.15, 0.2) is 28.7 Å². The zero-order valence-electron chi connectivity index (χ0n) is 10.5. The molecule has 1 aromatic carbocycles. The lowest BCUT2D eigenvalue weighted by Gasteiger charge is -2.17. The molecule has 7 heteroatoms. The topological polar surface area (TPSA) is 74.7 Å². The van der Waals surface area contributed by atoms with Gasteiger partial charge in [0.1, 0.15) is 0 Å². The van der Waals surface area contributed by atoms with Gasteiger partial charge in [0.25, 0.3) is 0 Å². The monoisotopic (exact) mass is 349 g/mol. The quantitative estimate of drug-likeness (QED) is 0.817. The van der Waals surface area contributed by atoms with Crippen molar-refractivity contribution >= 4 is 31.9 Å². The fourth-order valence-corrected chi connectivity index (χ4v) is 2.94. The Morgan fingerprint density at radius 3 is 2.42 bits per heavy atom. The molecular weight excluding hydrogens is 334 g/mol. The van der Waals surface area contributed by atoms with Gasteiger partial charge in [0.05, 0.1) is 5.75 Å².